The van der Waals surface area contributed by atoms with Crippen LogP contribution in [0.5, 0.6) is 5.75 Å². The van der Waals surface area contributed by atoms with Gasteiger partial charge >= 0.3 is 5.97 Å². The van der Waals surface area contributed by atoms with E-state index in [0.717, 1.165) is 60.1 Å². The molecule has 7 heteroatoms. The van der Waals surface area contributed by atoms with E-state index in [-0.39, 0.29) is 18.3 Å². The first-order valence-electron chi connectivity index (χ1n) is 13.3. The lowest BCUT2D eigenvalue weighted by Crippen LogP contribution is -2.35. The Morgan fingerprint density at radius 3 is 2.30 bits per heavy atom. The van der Waals surface area contributed by atoms with Crippen LogP contribution < -0.4 is 4.74 Å². The third kappa shape index (κ3) is 8.29. The Morgan fingerprint density at radius 1 is 1.05 bits per heavy atom. The van der Waals surface area contributed by atoms with Gasteiger partial charge in [0.25, 0.3) is 0 Å². The lowest BCUT2D eigenvalue weighted by Gasteiger charge is -2.29. The van der Waals surface area contributed by atoms with E-state index in [1.807, 2.05) is 0 Å². The molecule has 2 aromatic carbocycles. The fourth-order valence-corrected chi connectivity index (χ4v) is 5.84. The van der Waals surface area contributed by atoms with Crippen molar-refractivity contribution in [2.45, 2.75) is 71.4 Å². The van der Waals surface area contributed by atoms with Crippen molar-refractivity contribution in [1.82, 2.24) is 9.88 Å². The molecule has 0 spiro atoms. The largest absolute Gasteiger partial charge is 0.489 e. The number of thiazole rings is 1. The third-order valence-electron chi connectivity index (χ3n) is 7.13. The zero-order valence-corrected chi connectivity index (χ0v) is 23.5. The first-order valence-corrected chi connectivity index (χ1v) is 14.1. The van der Waals surface area contributed by atoms with Crippen LogP contribution in [-0.4, -0.2) is 34.0 Å². The zero-order valence-electron chi connectivity index (χ0n) is 21.9. The first-order chi connectivity index (χ1) is 17.6. The van der Waals surface area contributed by atoms with E-state index >= 15 is 0 Å². The van der Waals surface area contributed by atoms with Crippen LogP contribution in [0.25, 0.3) is 11.3 Å². The smallest absolute Gasteiger partial charge is 0.306 e. The zero-order chi connectivity index (χ0) is 25.3. The van der Waals surface area contributed by atoms with E-state index in [1.54, 1.807) is 11.3 Å². The van der Waals surface area contributed by atoms with E-state index in [9.17, 15) is 9.90 Å². The number of aliphatic carboxylic acids is 1. The van der Waals surface area contributed by atoms with E-state index in [4.69, 9.17) is 9.72 Å². The highest BCUT2D eigenvalue weighted by Crippen LogP contribution is 2.29. The van der Waals surface area contributed by atoms with Gasteiger partial charge in [-0.25, -0.2) is 4.98 Å². The highest BCUT2D eigenvalue weighted by atomic mass is 35.5. The predicted octanol–water partition coefficient (Wildman–Crippen LogP) is 7.79. The number of carboxylic acids is 1. The Bertz CT molecular complexity index is 1090. The normalized spacial score (nSPS) is 14.5. The minimum atomic E-state index is -0.666. The molecule has 37 heavy (non-hydrogen) atoms. The van der Waals surface area contributed by atoms with E-state index in [1.165, 1.54) is 31.2 Å². The molecule has 0 amide bonds. The molecular weight excluding hydrogens is 504 g/mol. The van der Waals surface area contributed by atoms with Crippen molar-refractivity contribution < 1.29 is 14.6 Å². The van der Waals surface area contributed by atoms with Crippen LogP contribution in [-0.2, 0) is 17.9 Å². The Morgan fingerprint density at radius 2 is 1.70 bits per heavy atom. The van der Waals surface area contributed by atoms with Crippen molar-refractivity contribution in [3.05, 3.63) is 70.0 Å². The number of aromatic nitrogens is 1. The highest BCUT2D eigenvalue weighted by molar-refractivity contribution is 7.09. The molecule has 1 fully saturated rings. The van der Waals surface area contributed by atoms with Crippen molar-refractivity contribution in [2.24, 2.45) is 5.92 Å². The number of benzene rings is 2. The lowest BCUT2D eigenvalue weighted by atomic mass is 9.90. The van der Waals surface area contributed by atoms with Gasteiger partial charge in [0.2, 0.25) is 0 Å². The number of ether oxygens (including phenoxy) is 1. The molecule has 1 aliphatic heterocycles. The standard InChI is InChI=1S/C30H38N2O3S.ClH/c1-3-5-23(6-4-2)24-11-13-27(14-12-24)35-20-22-7-9-25(10-8-22)28-21-36-29(31-28)19-32-17-15-26(16-18-32)30(33)34;/h7-14,21,23,26H,3-6,15-20H2,1-2H3,(H,33,34);1H. The number of carbonyl (C=O) groups is 1. The minimum absolute atomic E-state index is 0. The molecular formula is C30H39ClN2O3S. The van der Waals surface area contributed by atoms with Crippen LogP contribution in [0.1, 0.15) is 74.4 Å². The lowest BCUT2D eigenvalue weighted by molar-refractivity contribution is -0.143. The average molecular weight is 543 g/mol. The monoisotopic (exact) mass is 542 g/mol. The molecule has 2 heterocycles. The molecule has 1 aliphatic rings. The van der Waals surface area contributed by atoms with Crippen LogP contribution in [0.15, 0.2) is 53.9 Å². The van der Waals surface area contributed by atoms with Gasteiger partial charge in [-0.05, 0) is 68.0 Å². The van der Waals surface area contributed by atoms with Crippen molar-refractivity contribution in [3.8, 4) is 17.0 Å². The summed E-state index contributed by atoms with van der Waals surface area (Å²) in [5.74, 6) is 0.697. The molecule has 1 saturated heterocycles. The summed E-state index contributed by atoms with van der Waals surface area (Å²) in [7, 11) is 0. The Kier molecular flexibility index (Phi) is 11.4. The molecule has 0 atom stereocenters. The fourth-order valence-electron chi connectivity index (χ4n) is 4.99. The SMILES string of the molecule is CCCC(CCC)c1ccc(OCc2ccc(-c3csc(CN4CCC(C(=O)O)CC4)n3)cc2)cc1.Cl. The van der Waals surface area contributed by atoms with Crippen LogP contribution in [0.3, 0.4) is 0 Å². The van der Waals surface area contributed by atoms with E-state index < -0.39 is 5.97 Å². The molecule has 0 bridgehead atoms. The molecule has 0 saturated carbocycles. The number of piperidine rings is 1. The summed E-state index contributed by atoms with van der Waals surface area (Å²) in [6.45, 7) is 7.49. The molecule has 5 nitrogen and oxygen atoms in total. The topological polar surface area (TPSA) is 62.7 Å². The molecule has 3 aromatic rings. The second-order valence-corrected chi connectivity index (χ2v) is 10.8. The summed E-state index contributed by atoms with van der Waals surface area (Å²) in [5, 5.41) is 12.4. The Balaban J connectivity index is 0.00000380. The third-order valence-corrected chi connectivity index (χ3v) is 7.96. The summed E-state index contributed by atoms with van der Waals surface area (Å²) in [6.07, 6.45) is 6.36. The van der Waals surface area contributed by atoms with Gasteiger partial charge in [0.05, 0.1) is 18.2 Å². The molecule has 0 unspecified atom stereocenters. The number of nitrogens with zero attached hydrogens (tertiary/aromatic N) is 2. The van der Waals surface area contributed by atoms with Crippen LogP contribution in [0.4, 0.5) is 0 Å². The van der Waals surface area contributed by atoms with Gasteiger partial charge in [-0.1, -0.05) is 63.1 Å². The second kappa shape index (κ2) is 14.5. The number of carboxylic acid groups (broad SMARTS) is 1. The summed E-state index contributed by atoms with van der Waals surface area (Å²) in [4.78, 5) is 18.3. The molecule has 1 N–H and O–H groups in total. The van der Waals surface area contributed by atoms with Crippen LogP contribution >= 0.6 is 23.7 Å². The highest BCUT2D eigenvalue weighted by Gasteiger charge is 2.24. The van der Waals surface area contributed by atoms with Gasteiger partial charge in [0, 0.05) is 10.9 Å². The van der Waals surface area contributed by atoms with Crippen molar-refractivity contribution >= 4 is 29.7 Å². The Labute approximate surface area is 231 Å². The van der Waals surface area contributed by atoms with Gasteiger partial charge in [0.15, 0.2) is 0 Å². The van der Waals surface area contributed by atoms with Gasteiger partial charge in [-0.2, -0.15) is 0 Å². The summed E-state index contributed by atoms with van der Waals surface area (Å²) >= 11 is 1.67. The van der Waals surface area contributed by atoms with Crippen molar-refractivity contribution in [3.63, 3.8) is 0 Å². The Hall–Kier alpha value is -2.41. The van der Waals surface area contributed by atoms with Crippen LogP contribution in [0, 0.1) is 5.92 Å². The molecule has 200 valence electrons. The molecule has 4 rings (SSSR count). The summed E-state index contributed by atoms with van der Waals surface area (Å²) in [6, 6.07) is 17.1. The maximum Gasteiger partial charge on any atom is 0.306 e. The maximum absolute atomic E-state index is 11.2. The predicted molar refractivity (Wildman–Crippen MR) is 154 cm³/mol. The number of hydrogen-bond donors (Lipinski definition) is 1. The van der Waals surface area contributed by atoms with Gasteiger partial charge in [0.1, 0.15) is 17.4 Å². The number of hydrogen-bond acceptors (Lipinski definition) is 5. The van der Waals surface area contributed by atoms with Crippen molar-refractivity contribution in [1.29, 1.82) is 0 Å². The molecule has 0 aliphatic carbocycles. The van der Waals surface area contributed by atoms with E-state index in [2.05, 4.69) is 72.7 Å². The average Bonchev–Trinajstić information content (AvgIpc) is 3.37. The molecule has 1 aromatic heterocycles. The fraction of sp³-hybridized carbons (Fsp3) is 0.467. The second-order valence-electron chi connectivity index (χ2n) is 9.84. The minimum Gasteiger partial charge on any atom is -0.489 e. The summed E-state index contributed by atoms with van der Waals surface area (Å²) in [5.41, 5.74) is 4.65. The quantitative estimate of drug-likeness (QED) is 0.253. The van der Waals surface area contributed by atoms with Gasteiger partial charge in [-0.15, -0.1) is 23.7 Å². The maximum atomic E-state index is 11.2. The first kappa shape index (κ1) is 29.2. The number of likely N-dealkylation sites (tertiary alicyclic amines) is 1. The number of rotatable bonds is 12. The van der Waals surface area contributed by atoms with E-state index in [0.29, 0.717) is 12.5 Å². The molecule has 0 radical (unpaired) electrons. The van der Waals surface area contributed by atoms with Gasteiger partial charge < -0.3 is 9.84 Å². The van der Waals surface area contributed by atoms with Gasteiger partial charge in [-0.3, -0.25) is 9.69 Å². The van der Waals surface area contributed by atoms with Crippen molar-refractivity contribution in [2.75, 3.05) is 13.1 Å². The van der Waals surface area contributed by atoms with Crippen LogP contribution in [0.2, 0.25) is 0 Å². The summed E-state index contributed by atoms with van der Waals surface area (Å²) < 4.78 is 6.05. The number of halogens is 1.